The van der Waals surface area contributed by atoms with E-state index in [2.05, 4.69) is 20.9 Å². The second-order valence-corrected chi connectivity index (χ2v) is 10.9. The number of halogens is 1. The second-order valence-electron chi connectivity index (χ2n) is 8.20. The van der Waals surface area contributed by atoms with Crippen molar-refractivity contribution in [2.75, 3.05) is 13.4 Å². The number of aromatic nitrogens is 1. The molecule has 6 nitrogen and oxygen atoms in total. The lowest BCUT2D eigenvalue weighted by molar-refractivity contribution is -0.143. The van der Waals surface area contributed by atoms with Crippen LogP contribution in [0, 0.1) is 0 Å². The molecule has 0 saturated heterocycles. The summed E-state index contributed by atoms with van der Waals surface area (Å²) in [6.45, 7) is 5.40. The zero-order valence-corrected chi connectivity index (χ0v) is 23.2. The molecular formula is C26H25BrN2O4S2. The van der Waals surface area contributed by atoms with Crippen molar-refractivity contribution in [3.05, 3.63) is 89.0 Å². The normalized spacial score (nSPS) is 15.7. The Balaban J connectivity index is 1.91. The minimum Gasteiger partial charge on any atom is -0.496 e. The number of nitrogens with zero attached hydrogens (tertiary/aromatic N) is 2. The molecule has 1 aliphatic rings. The van der Waals surface area contributed by atoms with Crippen molar-refractivity contribution in [1.82, 2.24) is 4.57 Å². The van der Waals surface area contributed by atoms with Crippen LogP contribution in [0.2, 0.25) is 0 Å². The van der Waals surface area contributed by atoms with Crippen LogP contribution in [0.5, 0.6) is 5.75 Å². The first-order chi connectivity index (χ1) is 16.7. The maximum atomic E-state index is 13.7. The first kappa shape index (κ1) is 25.5. The highest BCUT2D eigenvalue weighted by atomic mass is 79.9. The van der Waals surface area contributed by atoms with E-state index in [0.29, 0.717) is 26.4 Å². The van der Waals surface area contributed by atoms with Gasteiger partial charge in [0.1, 0.15) is 5.75 Å². The molecule has 2 heterocycles. The molecule has 0 bridgehead atoms. The average molecular weight is 574 g/mol. The largest absolute Gasteiger partial charge is 0.496 e. The molecule has 0 amide bonds. The van der Waals surface area contributed by atoms with Gasteiger partial charge in [0.25, 0.3) is 5.56 Å². The SMILES string of the molecule is COc1ccc(/C=c2\sc3n(c2=O)[C@@H](c2ccc(SC)cc2)C(C(=O)OC(C)C)=C(C)N=3)cc1Br. The Bertz CT molecular complexity index is 1490. The number of ether oxygens (including phenoxy) is 2. The lowest BCUT2D eigenvalue weighted by Crippen LogP contribution is -2.40. The fourth-order valence-electron chi connectivity index (χ4n) is 3.89. The molecule has 0 fully saturated rings. The Morgan fingerprint density at radius 1 is 1.23 bits per heavy atom. The molecule has 1 aliphatic heterocycles. The highest BCUT2D eigenvalue weighted by molar-refractivity contribution is 9.10. The summed E-state index contributed by atoms with van der Waals surface area (Å²) in [6, 6.07) is 12.9. The van der Waals surface area contributed by atoms with E-state index in [0.717, 1.165) is 20.5 Å². The Kier molecular flexibility index (Phi) is 7.68. The van der Waals surface area contributed by atoms with E-state index >= 15 is 0 Å². The van der Waals surface area contributed by atoms with Gasteiger partial charge in [0.05, 0.1) is 39.5 Å². The molecule has 0 aliphatic carbocycles. The Morgan fingerprint density at radius 2 is 1.94 bits per heavy atom. The van der Waals surface area contributed by atoms with Crippen molar-refractivity contribution in [2.24, 2.45) is 4.99 Å². The molecule has 1 aromatic heterocycles. The van der Waals surface area contributed by atoms with Gasteiger partial charge in [0, 0.05) is 4.90 Å². The molecule has 0 spiro atoms. The number of benzene rings is 2. The monoisotopic (exact) mass is 572 g/mol. The molecule has 35 heavy (non-hydrogen) atoms. The van der Waals surface area contributed by atoms with Crippen LogP contribution in [0.4, 0.5) is 0 Å². The number of thioether (sulfide) groups is 1. The van der Waals surface area contributed by atoms with Crippen LogP contribution >= 0.6 is 39.0 Å². The first-order valence-electron chi connectivity index (χ1n) is 10.9. The lowest BCUT2D eigenvalue weighted by atomic mass is 9.96. The maximum Gasteiger partial charge on any atom is 0.338 e. The summed E-state index contributed by atoms with van der Waals surface area (Å²) in [5.41, 5.74) is 2.39. The molecule has 2 aromatic carbocycles. The number of thiazole rings is 1. The molecule has 4 rings (SSSR count). The topological polar surface area (TPSA) is 69.9 Å². The molecule has 0 radical (unpaired) electrons. The highest BCUT2D eigenvalue weighted by Crippen LogP contribution is 2.32. The van der Waals surface area contributed by atoms with E-state index in [1.54, 1.807) is 44.2 Å². The molecule has 3 aromatic rings. The number of esters is 1. The van der Waals surface area contributed by atoms with Crippen molar-refractivity contribution < 1.29 is 14.3 Å². The summed E-state index contributed by atoms with van der Waals surface area (Å²) < 4.78 is 13.8. The van der Waals surface area contributed by atoms with E-state index in [1.165, 1.54) is 11.3 Å². The molecule has 0 N–H and O–H groups in total. The number of fused-ring (bicyclic) bond motifs is 1. The third-order valence-electron chi connectivity index (χ3n) is 5.49. The van der Waals surface area contributed by atoms with Gasteiger partial charge in [-0.3, -0.25) is 9.36 Å². The standard InChI is InChI=1S/C26H25BrN2O4S2/c1-14(2)33-25(31)22-15(3)28-26-29(23(22)17-7-9-18(34-5)10-8-17)24(30)21(35-26)13-16-6-11-20(32-4)19(27)12-16/h6-14,23H,1-5H3/b21-13-/t23-/m0/s1. The summed E-state index contributed by atoms with van der Waals surface area (Å²) in [5.74, 6) is 0.245. The van der Waals surface area contributed by atoms with Crippen molar-refractivity contribution in [2.45, 2.75) is 37.8 Å². The van der Waals surface area contributed by atoms with E-state index in [4.69, 9.17) is 9.47 Å². The molecule has 182 valence electrons. The van der Waals surface area contributed by atoms with Crippen LogP contribution in [0.15, 0.2) is 72.9 Å². The van der Waals surface area contributed by atoms with Crippen LogP contribution in [0.3, 0.4) is 0 Å². The Labute approximate surface area is 220 Å². The smallest absolute Gasteiger partial charge is 0.338 e. The molecule has 9 heteroatoms. The second kappa shape index (κ2) is 10.6. The Morgan fingerprint density at radius 3 is 2.54 bits per heavy atom. The zero-order valence-electron chi connectivity index (χ0n) is 20.0. The van der Waals surface area contributed by atoms with Crippen molar-refractivity contribution in [3.8, 4) is 5.75 Å². The number of hydrogen-bond acceptors (Lipinski definition) is 7. The molecular weight excluding hydrogens is 548 g/mol. The fraction of sp³-hybridized carbons (Fsp3) is 0.269. The number of methoxy groups -OCH3 is 1. The lowest BCUT2D eigenvalue weighted by Gasteiger charge is -2.25. The van der Waals surface area contributed by atoms with Crippen molar-refractivity contribution in [1.29, 1.82) is 0 Å². The van der Waals surface area contributed by atoms with E-state index < -0.39 is 12.0 Å². The minimum absolute atomic E-state index is 0.206. The van der Waals surface area contributed by atoms with Crippen LogP contribution in [0.25, 0.3) is 6.08 Å². The summed E-state index contributed by atoms with van der Waals surface area (Å²) in [6.07, 6.45) is 3.54. The van der Waals surface area contributed by atoms with Gasteiger partial charge in [-0.05, 0) is 84.4 Å². The van der Waals surface area contributed by atoms with Gasteiger partial charge < -0.3 is 9.47 Å². The van der Waals surface area contributed by atoms with E-state index in [9.17, 15) is 9.59 Å². The van der Waals surface area contributed by atoms with Crippen LogP contribution in [0.1, 0.15) is 37.9 Å². The van der Waals surface area contributed by atoms with Crippen LogP contribution < -0.4 is 19.6 Å². The zero-order chi connectivity index (χ0) is 25.3. The Hall–Kier alpha value is -2.62. The number of carbonyl (C=O) groups excluding carboxylic acids is 1. The molecule has 0 unspecified atom stereocenters. The highest BCUT2D eigenvalue weighted by Gasteiger charge is 2.33. The first-order valence-corrected chi connectivity index (χ1v) is 13.8. The number of rotatable bonds is 6. The van der Waals surface area contributed by atoms with Gasteiger partial charge in [0.2, 0.25) is 0 Å². The molecule has 1 atom stereocenters. The van der Waals surface area contributed by atoms with Gasteiger partial charge in [-0.1, -0.05) is 29.5 Å². The van der Waals surface area contributed by atoms with Crippen LogP contribution in [-0.4, -0.2) is 30.0 Å². The number of allylic oxidation sites excluding steroid dienone is 1. The summed E-state index contributed by atoms with van der Waals surface area (Å²) >= 11 is 6.43. The minimum atomic E-state index is -0.627. The van der Waals surface area contributed by atoms with E-state index in [-0.39, 0.29) is 11.7 Å². The number of hydrogen-bond donors (Lipinski definition) is 0. The fourth-order valence-corrected chi connectivity index (χ4v) is 5.90. The van der Waals surface area contributed by atoms with Gasteiger partial charge in [-0.15, -0.1) is 11.8 Å². The number of carbonyl (C=O) groups is 1. The van der Waals surface area contributed by atoms with Gasteiger partial charge >= 0.3 is 5.97 Å². The average Bonchev–Trinajstić information content (AvgIpc) is 3.12. The summed E-state index contributed by atoms with van der Waals surface area (Å²) in [7, 11) is 1.60. The van der Waals surface area contributed by atoms with Crippen molar-refractivity contribution in [3.63, 3.8) is 0 Å². The maximum absolute atomic E-state index is 13.7. The predicted molar refractivity (Wildman–Crippen MR) is 144 cm³/mol. The quantitative estimate of drug-likeness (QED) is 0.317. The predicted octanol–water partition coefficient (Wildman–Crippen LogP) is 4.68. The van der Waals surface area contributed by atoms with Crippen LogP contribution in [-0.2, 0) is 9.53 Å². The van der Waals surface area contributed by atoms with E-state index in [1.807, 2.05) is 54.8 Å². The molecule has 0 saturated carbocycles. The third-order valence-corrected chi connectivity index (χ3v) is 7.84. The van der Waals surface area contributed by atoms with Gasteiger partial charge in [-0.25, -0.2) is 9.79 Å². The summed E-state index contributed by atoms with van der Waals surface area (Å²) in [4.78, 5) is 33.1. The van der Waals surface area contributed by atoms with Gasteiger partial charge in [0.15, 0.2) is 4.80 Å². The van der Waals surface area contributed by atoms with Gasteiger partial charge in [-0.2, -0.15) is 0 Å². The van der Waals surface area contributed by atoms with Crippen molar-refractivity contribution >= 4 is 51.1 Å². The third kappa shape index (κ3) is 5.17. The summed E-state index contributed by atoms with van der Waals surface area (Å²) in [5, 5.41) is 0.